The Kier molecular flexibility index (Phi) is 4.55. The lowest BCUT2D eigenvalue weighted by atomic mass is 10.1. The van der Waals surface area contributed by atoms with E-state index in [-0.39, 0.29) is 11.6 Å². The molecular weight excluding hydrogens is 345 g/mol. The van der Waals surface area contributed by atoms with Gasteiger partial charge in [0.1, 0.15) is 17.4 Å². The quantitative estimate of drug-likeness (QED) is 0.519. The minimum absolute atomic E-state index is 0.0768. The van der Waals surface area contributed by atoms with Gasteiger partial charge in [-0.3, -0.25) is 0 Å². The summed E-state index contributed by atoms with van der Waals surface area (Å²) < 4.78 is 19.8. The zero-order valence-electron chi connectivity index (χ0n) is 13.9. The van der Waals surface area contributed by atoms with E-state index in [1.807, 2.05) is 13.8 Å². The number of rotatable bonds is 3. The number of esters is 1. The highest BCUT2D eigenvalue weighted by atomic mass is 35.5. The van der Waals surface area contributed by atoms with E-state index in [0.717, 1.165) is 11.1 Å². The van der Waals surface area contributed by atoms with E-state index in [0.29, 0.717) is 22.3 Å². The van der Waals surface area contributed by atoms with Crippen molar-refractivity contribution >= 4 is 17.6 Å². The molecule has 0 aliphatic rings. The second-order valence-electron chi connectivity index (χ2n) is 5.63. The second kappa shape index (κ2) is 6.64. The number of carbonyl (C=O) groups excluding carboxylic acids is 1. The van der Waals surface area contributed by atoms with Crippen LogP contribution in [-0.2, 0) is 0 Å². The number of carbonyl (C=O) groups is 1. The molecule has 128 valence electrons. The summed E-state index contributed by atoms with van der Waals surface area (Å²) in [5, 5.41) is 4.78. The predicted octanol–water partition coefficient (Wildman–Crippen LogP) is 4.20. The summed E-state index contributed by atoms with van der Waals surface area (Å²) in [4.78, 5) is 16.4. The van der Waals surface area contributed by atoms with Gasteiger partial charge in [-0.05, 0) is 68.3 Å². The van der Waals surface area contributed by atoms with Gasteiger partial charge in [-0.15, -0.1) is 5.10 Å². The Balaban J connectivity index is 1.86. The molecule has 0 atom stereocenters. The van der Waals surface area contributed by atoms with Crippen LogP contribution in [0.4, 0.5) is 4.39 Å². The Morgan fingerprint density at radius 3 is 2.32 bits per heavy atom. The number of ether oxygens (including phenoxy) is 1. The summed E-state index contributed by atoms with van der Waals surface area (Å²) in [6, 6.07) is 9.09. The maximum atomic E-state index is 13.0. The Bertz CT molecular complexity index is 928. The van der Waals surface area contributed by atoms with Crippen molar-refractivity contribution in [2.24, 2.45) is 0 Å². The van der Waals surface area contributed by atoms with E-state index < -0.39 is 5.97 Å². The molecule has 0 spiro atoms. The number of halogens is 2. The summed E-state index contributed by atoms with van der Waals surface area (Å²) in [5.74, 6) is -0.242. The summed E-state index contributed by atoms with van der Waals surface area (Å²) in [5.41, 5.74) is 2.22. The molecule has 0 fully saturated rings. The zero-order valence-corrected chi connectivity index (χ0v) is 14.6. The number of nitrogens with zero attached hydrogens (tertiary/aromatic N) is 3. The largest absolute Gasteiger partial charge is 0.421 e. The van der Waals surface area contributed by atoms with Crippen molar-refractivity contribution in [3.63, 3.8) is 0 Å². The molecular formula is C18H15ClFN3O2. The molecule has 1 heterocycles. The van der Waals surface area contributed by atoms with E-state index in [9.17, 15) is 9.18 Å². The van der Waals surface area contributed by atoms with Crippen LogP contribution in [0.1, 0.15) is 27.6 Å². The molecule has 3 rings (SSSR count). The van der Waals surface area contributed by atoms with Crippen LogP contribution in [0.5, 0.6) is 5.75 Å². The molecule has 0 amide bonds. The smallest absolute Gasteiger partial charge is 0.383 e. The molecule has 0 saturated carbocycles. The average Bonchev–Trinajstić information content (AvgIpc) is 2.95. The first kappa shape index (κ1) is 17.1. The van der Waals surface area contributed by atoms with Crippen molar-refractivity contribution in [3.8, 4) is 11.4 Å². The van der Waals surface area contributed by atoms with Crippen LogP contribution in [0, 0.1) is 26.6 Å². The molecule has 5 nitrogen and oxygen atoms in total. The van der Waals surface area contributed by atoms with Crippen LogP contribution in [0.2, 0.25) is 5.02 Å². The minimum atomic E-state index is -0.676. The third-order valence-electron chi connectivity index (χ3n) is 3.64. The molecule has 0 bridgehead atoms. The highest BCUT2D eigenvalue weighted by Gasteiger charge is 2.18. The van der Waals surface area contributed by atoms with Gasteiger partial charge in [-0.1, -0.05) is 11.6 Å². The van der Waals surface area contributed by atoms with Crippen molar-refractivity contribution in [2.75, 3.05) is 0 Å². The SMILES string of the molecule is Cc1cc(OC(=O)c2nc(C)n(-c3ccc(F)cc3)n2)cc(C)c1Cl. The van der Waals surface area contributed by atoms with Crippen LogP contribution in [0.3, 0.4) is 0 Å². The Morgan fingerprint density at radius 1 is 1.12 bits per heavy atom. The second-order valence-corrected chi connectivity index (χ2v) is 6.01. The van der Waals surface area contributed by atoms with Crippen molar-refractivity contribution in [1.82, 2.24) is 14.8 Å². The van der Waals surface area contributed by atoms with Crippen molar-refractivity contribution in [3.05, 3.63) is 70.0 Å². The highest BCUT2D eigenvalue weighted by Crippen LogP contribution is 2.26. The fourth-order valence-electron chi connectivity index (χ4n) is 2.42. The first-order valence-electron chi connectivity index (χ1n) is 7.53. The van der Waals surface area contributed by atoms with E-state index in [4.69, 9.17) is 16.3 Å². The van der Waals surface area contributed by atoms with E-state index >= 15 is 0 Å². The number of aromatic nitrogens is 3. The van der Waals surface area contributed by atoms with Crippen molar-refractivity contribution in [2.45, 2.75) is 20.8 Å². The van der Waals surface area contributed by atoms with Crippen molar-refractivity contribution < 1.29 is 13.9 Å². The third kappa shape index (κ3) is 3.53. The zero-order chi connectivity index (χ0) is 18.1. The monoisotopic (exact) mass is 359 g/mol. The normalized spacial score (nSPS) is 10.8. The van der Waals surface area contributed by atoms with Crippen molar-refractivity contribution in [1.29, 1.82) is 0 Å². The first-order chi connectivity index (χ1) is 11.8. The van der Waals surface area contributed by atoms with Crippen LogP contribution in [0.25, 0.3) is 5.69 Å². The molecule has 0 radical (unpaired) electrons. The maximum Gasteiger partial charge on any atom is 0.383 e. The first-order valence-corrected chi connectivity index (χ1v) is 7.91. The fraction of sp³-hybridized carbons (Fsp3) is 0.167. The summed E-state index contributed by atoms with van der Waals surface area (Å²) in [6.07, 6.45) is 0. The van der Waals surface area contributed by atoms with E-state index in [2.05, 4.69) is 10.1 Å². The fourth-order valence-corrected chi connectivity index (χ4v) is 2.53. The molecule has 1 aromatic heterocycles. The lowest BCUT2D eigenvalue weighted by Crippen LogP contribution is -2.11. The van der Waals surface area contributed by atoms with Gasteiger partial charge in [0.2, 0.25) is 0 Å². The van der Waals surface area contributed by atoms with Gasteiger partial charge in [0, 0.05) is 5.02 Å². The van der Waals surface area contributed by atoms with Crippen LogP contribution >= 0.6 is 11.6 Å². The number of hydrogen-bond acceptors (Lipinski definition) is 4. The lowest BCUT2D eigenvalue weighted by Gasteiger charge is -2.07. The lowest BCUT2D eigenvalue weighted by molar-refractivity contribution is 0.0722. The van der Waals surface area contributed by atoms with Gasteiger partial charge in [0.15, 0.2) is 0 Å². The molecule has 7 heteroatoms. The highest BCUT2D eigenvalue weighted by molar-refractivity contribution is 6.32. The number of aryl methyl sites for hydroxylation is 3. The standard InChI is InChI=1S/C18H15ClFN3O2/c1-10-8-15(9-11(2)16(10)19)25-18(24)17-21-12(3)23(22-17)14-6-4-13(20)5-7-14/h4-9H,1-3H3. The molecule has 25 heavy (non-hydrogen) atoms. The molecule has 0 unspecified atom stereocenters. The average molecular weight is 360 g/mol. The molecule has 2 aromatic carbocycles. The van der Waals surface area contributed by atoms with Gasteiger partial charge in [0.25, 0.3) is 5.82 Å². The van der Waals surface area contributed by atoms with Gasteiger partial charge < -0.3 is 4.74 Å². The molecule has 3 aromatic rings. The minimum Gasteiger partial charge on any atom is -0.421 e. The predicted molar refractivity (Wildman–Crippen MR) is 91.9 cm³/mol. The number of hydrogen-bond donors (Lipinski definition) is 0. The Morgan fingerprint density at radius 2 is 1.72 bits per heavy atom. The van der Waals surface area contributed by atoms with E-state index in [1.54, 1.807) is 31.2 Å². The van der Waals surface area contributed by atoms with Crippen LogP contribution in [0.15, 0.2) is 36.4 Å². The van der Waals surface area contributed by atoms with Gasteiger partial charge in [-0.25, -0.2) is 18.9 Å². The third-order valence-corrected chi connectivity index (χ3v) is 4.24. The summed E-state index contributed by atoms with van der Waals surface area (Å²) in [6.45, 7) is 5.36. The van der Waals surface area contributed by atoms with Gasteiger partial charge >= 0.3 is 5.97 Å². The van der Waals surface area contributed by atoms with E-state index in [1.165, 1.54) is 16.8 Å². The molecule has 0 aliphatic heterocycles. The molecule has 0 aliphatic carbocycles. The van der Waals surface area contributed by atoms with Gasteiger partial charge in [-0.2, -0.15) is 0 Å². The van der Waals surface area contributed by atoms with Gasteiger partial charge in [0.05, 0.1) is 5.69 Å². The number of benzene rings is 2. The molecule has 0 N–H and O–H groups in total. The van der Waals surface area contributed by atoms with Crippen LogP contribution < -0.4 is 4.74 Å². The molecule has 0 saturated heterocycles. The summed E-state index contributed by atoms with van der Waals surface area (Å²) >= 11 is 6.11. The Labute approximate surface area is 149 Å². The Hall–Kier alpha value is -2.73. The van der Waals surface area contributed by atoms with Crippen LogP contribution in [-0.4, -0.2) is 20.7 Å². The topological polar surface area (TPSA) is 57.0 Å². The maximum absolute atomic E-state index is 13.0. The summed E-state index contributed by atoms with van der Waals surface area (Å²) in [7, 11) is 0.